The number of carboxylic acid groups (broad SMARTS) is 1. The summed E-state index contributed by atoms with van der Waals surface area (Å²) in [5.74, 6) is -3.49. The maximum Gasteiger partial charge on any atom is 0.408 e. The number of ether oxygens (including phenoxy) is 5. The molecular formula is C30H51N3O11. The second-order valence-electron chi connectivity index (χ2n) is 13.2. The summed E-state index contributed by atoms with van der Waals surface area (Å²) in [4.78, 5) is 52.9. The van der Waals surface area contributed by atoms with Crippen molar-refractivity contribution in [1.29, 1.82) is 0 Å². The number of ketones is 1. The first-order valence-electron chi connectivity index (χ1n) is 15.4. The van der Waals surface area contributed by atoms with Gasteiger partial charge in [-0.15, -0.1) is 0 Å². The third kappa shape index (κ3) is 7.71. The summed E-state index contributed by atoms with van der Waals surface area (Å²) in [6, 6.07) is -1.40. The van der Waals surface area contributed by atoms with Crippen molar-refractivity contribution in [2.75, 3.05) is 27.7 Å². The van der Waals surface area contributed by atoms with Gasteiger partial charge in [0.05, 0.1) is 17.7 Å². The molecule has 14 heteroatoms. The molecule has 44 heavy (non-hydrogen) atoms. The molecule has 0 aliphatic carbocycles. The van der Waals surface area contributed by atoms with Gasteiger partial charge in [0.2, 0.25) is 0 Å². The molecule has 3 heterocycles. The number of nitrogens with one attached hydrogen (secondary N) is 2. The number of methoxy groups -OCH3 is 1. The number of aliphatic hydroxyl groups is 1. The van der Waals surface area contributed by atoms with E-state index in [0.717, 1.165) is 0 Å². The summed E-state index contributed by atoms with van der Waals surface area (Å²) < 4.78 is 29.6. The lowest BCUT2D eigenvalue weighted by atomic mass is 9.80. The fourth-order valence-electron chi connectivity index (χ4n) is 6.87. The summed E-state index contributed by atoms with van der Waals surface area (Å²) in [5, 5.41) is 27.2. The summed E-state index contributed by atoms with van der Waals surface area (Å²) in [5.41, 5.74) is -2.32. The lowest BCUT2D eigenvalue weighted by Gasteiger charge is -2.46. The summed E-state index contributed by atoms with van der Waals surface area (Å²) in [6.07, 6.45) is -6.18. The SMILES string of the molecule is CC[C@H]1OC(=O)CC(=O)[C@H](C)[C@@H](O[C@@H]2O[C@H](C(=O)O)CC(N(C)C)[C@H]2O)[C@](C)(OC)C[C@@H](C)CN[C@H](C)[C@H]2NC(=O)O[C@@]21C. The van der Waals surface area contributed by atoms with Crippen LogP contribution in [0.15, 0.2) is 0 Å². The van der Waals surface area contributed by atoms with Gasteiger partial charge in [0.25, 0.3) is 0 Å². The van der Waals surface area contributed by atoms with Gasteiger partial charge in [-0.25, -0.2) is 9.59 Å². The molecule has 1 amide bonds. The Morgan fingerprint density at radius 2 is 1.82 bits per heavy atom. The van der Waals surface area contributed by atoms with E-state index in [9.17, 15) is 29.4 Å². The van der Waals surface area contributed by atoms with Crippen LogP contribution in [-0.4, -0.2) is 127 Å². The van der Waals surface area contributed by atoms with E-state index in [2.05, 4.69) is 10.6 Å². The first kappa shape index (κ1) is 36.1. The average Bonchev–Trinajstić information content (AvgIpc) is 3.27. The van der Waals surface area contributed by atoms with Gasteiger partial charge in [0, 0.05) is 31.5 Å². The predicted octanol–water partition coefficient (Wildman–Crippen LogP) is 1.07. The van der Waals surface area contributed by atoms with Crippen LogP contribution in [0, 0.1) is 11.8 Å². The number of likely N-dealkylation sites (N-methyl/N-ethyl adjacent to an activating group) is 1. The molecule has 252 valence electrons. The minimum atomic E-state index is -1.39. The number of rotatable bonds is 6. The number of aliphatic hydroxyl groups excluding tert-OH is 1. The molecule has 14 nitrogen and oxygen atoms in total. The highest BCUT2D eigenvalue weighted by molar-refractivity contribution is 5.97. The molecule has 3 rings (SSSR count). The lowest BCUT2D eigenvalue weighted by Crippen LogP contribution is -2.60. The molecule has 0 spiro atoms. The van der Waals surface area contributed by atoms with Gasteiger partial charge in [-0.1, -0.05) is 20.8 Å². The molecule has 0 radical (unpaired) electrons. The monoisotopic (exact) mass is 629 g/mol. The number of hydrogen-bond acceptors (Lipinski definition) is 12. The van der Waals surface area contributed by atoms with E-state index in [1.54, 1.807) is 46.7 Å². The first-order valence-corrected chi connectivity index (χ1v) is 15.4. The molecule has 4 N–H and O–H groups in total. The van der Waals surface area contributed by atoms with Crippen molar-refractivity contribution in [3.05, 3.63) is 0 Å². The zero-order valence-corrected chi connectivity index (χ0v) is 27.3. The minimum Gasteiger partial charge on any atom is -0.479 e. The predicted molar refractivity (Wildman–Crippen MR) is 157 cm³/mol. The number of carbonyl (C=O) groups excluding carboxylic acids is 3. The number of esters is 1. The molecule has 0 bridgehead atoms. The molecule has 0 aromatic carbocycles. The zero-order chi connectivity index (χ0) is 33.1. The highest BCUT2D eigenvalue weighted by Gasteiger charge is 2.55. The number of carboxylic acids is 1. The molecule has 1 unspecified atom stereocenters. The normalized spacial score (nSPS) is 42.8. The molecule has 3 saturated heterocycles. The van der Waals surface area contributed by atoms with Crippen molar-refractivity contribution in [3.63, 3.8) is 0 Å². The molecule has 12 atom stereocenters. The van der Waals surface area contributed by atoms with Gasteiger partial charge < -0.3 is 49.4 Å². The number of fused-ring (bicyclic) bond motifs is 1. The van der Waals surface area contributed by atoms with Crippen molar-refractivity contribution in [2.45, 2.75) is 127 Å². The van der Waals surface area contributed by atoms with Crippen molar-refractivity contribution in [2.24, 2.45) is 11.8 Å². The Morgan fingerprint density at radius 3 is 2.39 bits per heavy atom. The van der Waals surface area contributed by atoms with Gasteiger partial charge in [-0.3, -0.25) is 9.59 Å². The number of hydrogen-bond donors (Lipinski definition) is 4. The Labute approximate surface area is 259 Å². The van der Waals surface area contributed by atoms with Crippen molar-refractivity contribution < 1.29 is 53.1 Å². The summed E-state index contributed by atoms with van der Waals surface area (Å²) in [6.45, 7) is 11.3. The number of nitrogens with zero attached hydrogens (tertiary/aromatic N) is 1. The van der Waals surface area contributed by atoms with Crippen LogP contribution >= 0.6 is 0 Å². The van der Waals surface area contributed by atoms with Crippen LogP contribution in [0.5, 0.6) is 0 Å². The van der Waals surface area contributed by atoms with E-state index < -0.39 is 90.1 Å². The summed E-state index contributed by atoms with van der Waals surface area (Å²) in [7, 11) is 4.93. The number of amides is 1. The van der Waals surface area contributed by atoms with Gasteiger partial charge in [-0.2, -0.15) is 0 Å². The lowest BCUT2D eigenvalue weighted by molar-refractivity contribution is -0.295. The third-order valence-corrected chi connectivity index (χ3v) is 9.52. The van der Waals surface area contributed by atoms with Crippen LogP contribution in [-0.2, 0) is 38.1 Å². The Balaban J connectivity index is 1.99. The molecular weight excluding hydrogens is 578 g/mol. The highest BCUT2D eigenvalue weighted by Crippen LogP contribution is 2.37. The quantitative estimate of drug-likeness (QED) is 0.242. The van der Waals surface area contributed by atoms with Gasteiger partial charge in [0.1, 0.15) is 24.4 Å². The van der Waals surface area contributed by atoms with Crippen LogP contribution in [0.3, 0.4) is 0 Å². The second kappa shape index (κ2) is 14.4. The summed E-state index contributed by atoms with van der Waals surface area (Å²) >= 11 is 0. The number of Topliss-reactive ketones (excluding diaryl/α,β-unsaturated/α-hetero) is 1. The van der Waals surface area contributed by atoms with Crippen molar-refractivity contribution in [1.82, 2.24) is 15.5 Å². The van der Waals surface area contributed by atoms with Gasteiger partial charge in [0.15, 0.2) is 18.0 Å². The topological polar surface area (TPSA) is 182 Å². The number of cyclic esters (lactones) is 1. The average molecular weight is 630 g/mol. The van der Waals surface area contributed by atoms with Gasteiger partial charge >= 0.3 is 18.0 Å². The first-order chi connectivity index (χ1) is 20.5. The Morgan fingerprint density at radius 1 is 1.16 bits per heavy atom. The Kier molecular flexibility index (Phi) is 11.8. The van der Waals surface area contributed by atoms with E-state index in [1.165, 1.54) is 7.11 Å². The fraction of sp³-hybridized carbons (Fsp3) is 0.867. The van der Waals surface area contributed by atoms with Crippen LogP contribution in [0.25, 0.3) is 0 Å². The van der Waals surface area contributed by atoms with Crippen LogP contribution < -0.4 is 10.6 Å². The Hall–Kier alpha value is -2.36. The number of aliphatic carboxylic acids is 1. The molecule has 0 aromatic rings. The third-order valence-electron chi connectivity index (χ3n) is 9.52. The van der Waals surface area contributed by atoms with Crippen molar-refractivity contribution in [3.8, 4) is 0 Å². The smallest absolute Gasteiger partial charge is 0.408 e. The maximum atomic E-state index is 13.7. The van der Waals surface area contributed by atoms with Crippen LogP contribution in [0.4, 0.5) is 4.79 Å². The Bertz CT molecular complexity index is 1060. The van der Waals surface area contributed by atoms with E-state index in [4.69, 9.17) is 23.7 Å². The second-order valence-corrected chi connectivity index (χ2v) is 13.2. The molecule has 0 saturated carbocycles. The molecule has 3 fully saturated rings. The zero-order valence-electron chi connectivity index (χ0n) is 27.3. The highest BCUT2D eigenvalue weighted by atomic mass is 16.7. The van der Waals surface area contributed by atoms with Crippen LogP contribution in [0.2, 0.25) is 0 Å². The van der Waals surface area contributed by atoms with Gasteiger partial charge in [-0.05, 0) is 60.2 Å². The standard InChI is InChI=1S/C30H51N3O11/c1-10-21-30(6)24(32-28(39)44-30)17(4)31-14-15(2)13-29(5,40-9)25(16(3)19(34)12-22(35)42-21)43-27-23(36)18(33(7)8)11-20(41-27)26(37)38/h15-18,20-21,23-25,27,31,36H,10-14H2,1-9H3,(H,32,39)(H,37,38)/t15-,16+,17-,18?,20+,21-,23-,24-,25-,27+,29-,30-/m1/s1. The number of alkyl carbamates (subject to hydrolysis) is 1. The molecule has 3 aliphatic heterocycles. The largest absolute Gasteiger partial charge is 0.479 e. The van der Waals surface area contributed by atoms with E-state index in [-0.39, 0.29) is 18.4 Å². The number of carbonyl (C=O) groups is 4. The van der Waals surface area contributed by atoms with Crippen molar-refractivity contribution >= 4 is 23.8 Å². The van der Waals surface area contributed by atoms with Crippen LogP contribution in [0.1, 0.15) is 67.2 Å². The minimum absolute atomic E-state index is 0.0411. The van der Waals surface area contributed by atoms with E-state index >= 15 is 0 Å². The molecule has 0 aromatic heterocycles. The maximum absolute atomic E-state index is 13.7. The fourth-order valence-corrected chi connectivity index (χ4v) is 6.87. The molecule has 3 aliphatic rings. The van der Waals surface area contributed by atoms with E-state index in [0.29, 0.717) is 19.4 Å². The van der Waals surface area contributed by atoms with E-state index in [1.807, 2.05) is 13.8 Å².